The molecule has 134 valence electrons. The summed E-state index contributed by atoms with van der Waals surface area (Å²) in [5.74, 6) is -0.745. The number of amides is 1. The number of hydrogen-bond donors (Lipinski definition) is 2. The van der Waals surface area contributed by atoms with Gasteiger partial charge in [0.1, 0.15) is 5.82 Å². The van der Waals surface area contributed by atoms with Crippen LogP contribution in [0.1, 0.15) is 17.0 Å². The first-order valence-corrected chi connectivity index (χ1v) is 8.91. The third kappa shape index (κ3) is 5.32. The molecule has 1 amide bonds. The van der Waals surface area contributed by atoms with E-state index in [-0.39, 0.29) is 23.9 Å². The highest BCUT2D eigenvalue weighted by Gasteiger charge is 2.15. The summed E-state index contributed by atoms with van der Waals surface area (Å²) in [6.45, 7) is 4.12. The van der Waals surface area contributed by atoms with Crippen molar-refractivity contribution >= 4 is 23.6 Å². The van der Waals surface area contributed by atoms with Crippen LogP contribution in [0.2, 0.25) is 0 Å². The Kier molecular flexibility index (Phi) is 6.58. The van der Waals surface area contributed by atoms with Crippen molar-refractivity contribution in [1.29, 1.82) is 0 Å². The average Bonchev–Trinajstić information content (AvgIpc) is 2.83. The van der Waals surface area contributed by atoms with E-state index in [0.29, 0.717) is 12.3 Å². The van der Waals surface area contributed by atoms with Crippen LogP contribution >= 0.6 is 11.8 Å². The number of rotatable bonds is 8. The highest BCUT2D eigenvalue weighted by molar-refractivity contribution is 7.99. The lowest BCUT2D eigenvalue weighted by Crippen LogP contribution is -2.27. The molecule has 25 heavy (non-hydrogen) atoms. The maximum atomic E-state index is 13.1. The van der Waals surface area contributed by atoms with Crippen LogP contribution < -0.4 is 5.32 Å². The Balaban J connectivity index is 1.97. The fourth-order valence-electron chi connectivity index (χ4n) is 2.41. The molecule has 0 radical (unpaired) electrons. The van der Waals surface area contributed by atoms with Crippen molar-refractivity contribution in [2.45, 2.75) is 20.3 Å². The van der Waals surface area contributed by atoms with E-state index in [9.17, 15) is 14.0 Å². The second-order valence-corrected chi connectivity index (χ2v) is 6.62. The Morgan fingerprint density at radius 3 is 2.60 bits per heavy atom. The first-order valence-electron chi connectivity index (χ1n) is 7.75. The lowest BCUT2D eigenvalue weighted by molar-refractivity contribution is -0.133. The number of thioether (sulfide) groups is 1. The Hall–Kier alpha value is -2.35. The van der Waals surface area contributed by atoms with Gasteiger partial charge in [0.25, 0.3) is 0 Å². The molecule has 2 aromatic rings. The summed E-state index contributed by atoms with van der Waals surface area (Å²) in [5.41, 5.74) is 3.15. The van der Waals surface area contributed by atoms with Crippen molar-refractivity contribution in [3.8, 4) is 5.69 Å². The molecule has 6 nitrogen and oxygen atoms in total. The number of carboxylic acids is 1. The van der Waals surface area contributed by atoms with Crippen LogP contribution in [0.25, 0.3) is 5.69 Å². The number of carboxylic acid groups (broad SMARTS) is 1. The Labute approximate surface area is 149 Å². The quantitative estimate of drug-likeness (QED) is 0.700. The highest BCUT2D eigenvalue weighted by Crippen LogP contribution is 2.18. The van der Waals surface area contributed by atoms with E-state index in [1.165, 1.54) is 23.9 Å². The molecule has 0 aliphatic carbocycles. The van der Waals surface area contributed by atoms with Gasteiger partial charge in [-0.25, -0.2) is 9.07 Å². The summed E-state index contributed by atoms with van der Waals surface area (Å²) in [6.07, 6.45) is 0.197. The van der Waals surface area contributed by atoms with E-state index in [1.807, 2.05) is 13.8 Å². The van der Waals surface area contributed by atoms with Crippen molar-refractivity contribution in [3.63, 3.8) is 0 Å². The van der Waals surface area contributed by atoms with Gasteiger partial charge in [0.15, 0.2) is 0 Å². The van der Waals surface area contributed by atoms with Gasteiger partial charge in [-0.05, 0) is 38.1 Å². The predicted octanol–water partition coefficient (Wildman–Crippen LogP) is 2.10. The van der Waals surface area contributed by atoms with Crippen LogP contribution in [0.3, 0.4) is 0 Å². The number of aromatic nitrogens is 2. The van der Waals surface area contributed by atoms with Gasteiger partial charge in [0, 0.05) is 23.6 Å². The van der Waals surface area contributed by atoms with Crippen LogP contribution in [-0.2, 0) is 16.0 Å². The smallest absolute Gasteiger partial charge is 0.313 e. The minimum atomic E-state index is -0.865. The van der Waals surface area contributed by atoms with Crippen molar-refractivity contribution in [1.82, 2.24) is 15.1 Å². The minimum absolute atomic E-state index is 0.0263. The standard InChI is InChI=1S/C17H20FN3O3S/c1-11-15(9-16(22)19-7-8-25-10-17(23)24)12(2)21(20-11)14-5-3-13(18)4-6-14/h3-6H,7-10H2,1-2H3,(H,19,22)(H,23,24). The second kappa shape index (κ2) is 8.66. The maximum absolute atomic E-state index is 13.1. The van der Waals surface area contributed by atoms with Crippen LogP contribution in [0.4, 0.5) is 4.39 Å². The number of nitrogens with zero attached hydrogens (tertiary/aromatic N) is 2. The molecule has 0 saturated heterocycles. The summed E-state index contributed by atoms with van der Waals surface area (Å²) >= 11 is 1.26. The molecule has 0 aliphatic heterocycles. The van der Waals surface area contributed by atoms with Crippen molar-refractivity contribution < 1.29 is 19.1 Å². The van der Waals surface area contributed by atoms with E-state index in [0.717, 1.165) is 22.6 Å². The molecule has 1 aromatic heterocycles. The molecule has 1 aromatic carbocycles. The number of aliphatic carboxylic acids is 1. The average molecular weight is 365 g/mol. The van der Waals surface area contributed by atoms with E-state index in [2.05, 4.69) is 10.4 Å². The normalized spacial score (nSPS) is 10.7. The van der Waals surface area contributed by atoms with Gasteiger partial charge in [-0.15, -0.1) is 11.8 Å². The van der Waals surface area contributed by atoms with Crippen molar-refractivity contribution in [2.75, 3.05) is 18.1 Å². The zero-order valence-electron chi connectivity index (χ0n) is 14.1. The van der Waals surface area contributed by atoms with Crippen molar-refractivity contribution in [3.05, 3.63) is 47.0 Å². The molecule has 0 bridgehead atoms. The lowest BCUT2D eigenvalue weighted by atomic mass is 10.1. The molecule has 0 atom stereocenters. The minimum Gasteiger partial charge on any atom is -0.481 e. The van der Waals surface area contributed by atoms with Crippen molar-refractivity contribution in [2.24, 2.45) is 0 Å². The highest BCUT2D eigenvalue weighted by atomic mass is 32.2. The Bertz CT molecular complexity index is 759. The summed E-state index contributed by atoms with van der Waals surface area (Å²) in [5, 5.41) is 15.8. The number of halogens is 1. The number of carbonyl (C=O) groups is 2. The molecule has 0 saturated carbocycles. The van der Waals surface area contributed by atoms with Gasteiger partial charge in [-0.1, -0.05) is 0 Å². The predicted molar refractivity (Wildman–Crippen MR) is 94.7 cm³/mol. The second-order valence-electron chi connectivity index (χ2n) is 5.51. The van der Waals surface area contributed by atoms with Gasteiger partial charge in [-0.2, -0.15) is 5.10 Å². The van der Waals surface area contributed by atoms with E-state index in [1.54, 1.807) is 16.8 Å². The monoisotopic (exact) mass is 365 g/mol. The third-order valence-corrected chi connectivity index (χ3v) is 4.59. The molecular formula is C17H20FN3O3S. The van der Waals surface area contributed by atoms with E-state index >= 15 is 0 Å². The zero-order valence-corrected chi connectivity index (χ0v) is 14.9. The third-order valence-electron chi connectivity index (χ3n) is 3.64. The van der Waals surface area contributed by atoms with Gasteiger partial charge >= 0.3 is 5.97 Å². The summed E-state index contributed by atoms with van der Waals surface area (Å²) in [6, 6.07) is 6.01. The molecule has 1 heterocycles. The molecular weight excluding hydrogens is 345 g/mol. The summed E-state index contributed by atoms with van der Waals surface area (Å²) < 4.78 is 14.8. The Morgan fingerprint density at radius 1 is 1.28 bits per heavy atom. The molecule has 2 N–H and O–H groups in total. The van der Waals surface area contributed by atoms with E-state index in [4.69, 9.17) is 5.11 Å². The Morgan fingerprint density at radius 2 is 1.96 bits per heavy atom. The van der Waals surface area contributed by atoms with Crippen LogP contribution in [0.15, 0.2) is 24.3 Å². The summed E-state index contributed by atoms with van der Waals surface area (Å²) in [4.78, 5) is 22.5. The largest absolute Gasteiger partial charge is 0.481 e. The SMILES string of the molecule is Cc1nn(-c2ccc(F)cc2)c(C)c1CC(=O)NCCSCC(=O)O. The van der Waals surface area contributed by atoms with Crippen LogP contribution in [0, 0.1) is 19.7 Å². The molecule has 8 heteroatoms. The fraction of sp³-hybridized carbons (Fsp3) is 0.353. The number of nitrogens with one attached hydrogen (secondary N) is 1. The van der Waals surface area contributed by atoms with Crippen LogP contribution in [0.5, 0.6) is 0 Å². The van der Waals surface area contributed by atoms with Gasteiger partial charge in [-0.3, -0.25) is 9.59 Å². The molecule has 2 rings (SSSR count). The lowest BCUT2D eigenvalue weighted by Gasteiger charge is -2.07. The molecule has 0 unspecified atom stereocenters. The number of hydrogen-bond acceptors (Lipinski definition) is 4. The molecule has 0 fully saturated rings. The number of benzene rings is 1. The fourth-order valence-corrected chi connectivity index (χ4v) is 2.98. The van der Waals surface area contributed by atoms with Gasteiger partial charge in [0.2, 0.25) is 5.91 Å². The first-order chi connectivity index (χ1) is 11.9. The topological polar surface area (TPSA) is 84.2 Å². The molecule has 0 aliphatic rings. The zero-order chi connectivity index (χ0) is 18.4. The first kappa shape index (κ1) is 19.0. The van der Waals surface area contributed by atoms with Crippen LogP contribution in [-0.4, -0.2) is 44.8 Å². The van der Waals surface area contributed by atoms with Gasteiger partial charge in [0.05, 0.1) is 23.6 Å². The molecule has 0 spiro atoms. The number of carbonyl (C=O) groups excluding carboxylic acids is 1. The number of aryl methyl sites for hydroxylation is 1. The van der Waals surface area contributed by atoms with Gasteiger partial charge < -0.3 is 10.4 Å². The summed E-state index contributed by atoms with van der Waals surface area (Å²) in [7, 11) is 0. The maximum Gasteiger partial charge on any atom is 0.313 e. The van der Waals surface area contributed by atoms with E-state index < -0.39 is 5.97 Å².